The van der Waals surface area contributed by atoms with Crippen LogP contribution < -0.4 is 5.32 Å². The molecule has 0 saturated carbocycles. The monoisotopic (exact) mass is 639 g/mol. The van der Waals surface area contributed by atoms with Gasteiger partial charge < -0.3 is 10.2 Å². The normalized spacial score (nSPS) is 19.7. The molecule has 2 aromatic rings. The summed E-state index contributed by atoms with van der Waals surface area (Å²) in [6.07, 6.45) is 6.61. The van der Waals surface area contributed by atoms with Gasteiger partial charge in [0.15, 0.2) is 9.84 Å². The van der Waals surface area contributed by atoms with Crippen molar-refractivity contribution in [1.29, 1.82) is 0 Å². The van der Waals surface area contributed by atoms with Crippen LogP contribution in [-0.2, 0) is 24.7 Å². The first-order chi connectivity index (χ1) is 20.2. The zero-order valence-corrected chi connectivity index (χ0v) is 26.8. The molecule has 0 aromatic heterocycles. The van der Waals surface area contributed by atoms with E-state index in [0.29, 0.717) is 50.9 Å². The zero-order chi connectivity index (χ0) is 31.4. The third-order valence-corrected chi connectivity index (χ3v) is 11.4. The van der Waals surface area contributed by atoms with Gasteiger partial charge in [0.05, 0.1) is 11.2 Å². The smallest absolute Gasteiger partial charge is 0.223 e. The molecule has 2 aromatic carbocycles. The fourth-order valence-corrected chi connectivity index (χ4v) is 8.02. The van der Waals surface area contributed by atoms with Crippen molar-refractivity contribution in [3.8, 4) is 0 Å². The molecule has 2 atom stereocenters. The summed E-state index contributed by atoms with van der Waals surface area (Å²) in [5.41, 5.74) is 1.28. The van der Waals surface area contributed by atoms with Crippen molar-refractivity contribution in [2.24, 2.45) is 11.8 Å². The number of nitrogens with zero attached hydrogens (tertiary/aromatic N) is 2. The number of hydrogen-bond donors (Lipinski definition) is 1. The van der Waals surface area contributed by atoms with Gasteiger partial charge in [-0.25, -0.2) is 29.9 Å². The van der Waals surface area contributed by atoms with E-state index in [1.165, 1.54) is 34.8 Å². The maximum atomic E-state index is 14.1. The molecule has 2 heterocycles. The van der Waals surface area contributed by atoms with Gasteiger partial charge >= 0.3 is 0 Å². The van der Waals surface area contributed by atoms with E-state index in [-0.39, 0.29) is 34.6 Å². The van der Waals surface area contributed by atoms with E-state index < -0.39 is 31.5 Å². The number of rotatable bonds is 11. The Bertz CT molecular complexity index is 1450. The van der Waals surface area contributed by atoms with E-state index in [1.54, 1.807) is 12.1 Å². The minimum absolute atomic E-state index is 0.0458. The molecule has 0 spiro atoms. The van der Waals surface area contributed by atoms with Crippen molar-refractivity contribution >= 4 is 25.8 Å². The maximum absolute atomic E-state index is 14.1. The van der Waals surface area contributed by atoms with Gasteiger partial charge in [0, 0.05) is 56.4 Å². The quantitative estimate of drug-likeness (QED) is 0.396. The Morgan fingerprint density at radius 3 is 1.98 bits per heavy atom. The van der Waals surface area contributed by atoms with E-state index in [0.717, 1.165) is 43.8 Å². The average molecular weight is 640 g/mol. The number of likely N-dealkylation sites (tertiary alicyclic amines) is 1. The first kappa shape index (κ1) is 33.5. The highest BCUT2D eigenvalue weighted by molar-refractivity contribution is 7.90. The lowest BCUT2D eigenvalue weighted by molar-refractivity contribution is -0.128. The van der Waals surface area contributed by atoms with Crippen molar-refractivity contribution in [3.63, 3.8) is 0 Å². The van der Waals surface area contributed by atoms with Gasteiger partial charge in [0.1, 0.15) is 11.6 Å². The summed E-state index contributed by atoms with van der Waals surface area (Å²) >= 11 is 0. The van der Waals surface area contributed by atoms with E-state index in [2.05, 4.69) is 10.2 Å². The molecule has 0 bridgehead atoms. The Hall–Kier alpha value is -2.41. The van der Waals surface area contributed by atoms with E-state index in [4.69, 9.17) is 0 Å². The number of sulfone groups is 1. The average Bonchev–Trinajstić information content (AvgIpc) is 2.93. The predicted molar refractivity (Wildman–Crippen MR) is 163 cm³/mol. The molecule has 2 saturated heterocycles. The highest BCUT2D eigenvalue weighted by Crippen LogP contribution is 2.32. The van der Waals surface area contributed by atoms with Crippen LogP contribution in [0, 0.1) is 23.5 Å². The van der Waals surface area contributed by atoms with Crippen molar-refractivity contribution in [2.45, 2.75) is 62.3 Å². The largest absolute Gasteiger partial charge is 0.353 e. The number of nitrogens with one attached hydrogen (secondary N) is 1. The van der Waals surface area contributed by atoms with Crippen LogP contribution in [0.2, 0.25) is 0 Å². The van der Waals surface area contributed by atoms with Crippen LogP contribution in [0.4, 0.5) is 8.78 Å². The standard InChI is InChI=1S/C31H43F2N3O5S2/c1-4-29(23-9-17-36(18-10-23)43(3,40)41)31(37)34-27-11-14-35(15-12-27)16-13-30(24-19-25(32)21-26(33)20-24)22-5-7-28(8-6-22)42(2,38)39/h5-8,19-21,23,27,29-30H,4,9-18H2,1-3H3,(H,34,37). The number of hydrogen-bond acceptors (Lipinski definition) is 6. The van der Waals surface area contributed by atoms with Crippen molar-refractivity contribution < 1.29 is 30.4 Å². The number of carbonyl (C=O) groups is 1. The van der Waals surface area contributed by atoms with Crippen molar-refractivity contribution in [3.05, 3.63) is 65.2 Å². The topological polar surface area (TPSA) is 104 Å². The summed E-state index contributed by atoms with van der Waals surface area (Å²) < 4.78 is 77.3. The summed E-state index contributed by atoms with van der Waals surface area (Å²) in [5, 5.41) is 3.25. The van der Waals surface area contributed by atoms with E-state index in [1.807, 2.05) is 6.92 Å². The second kappa shape index (κ2) is 14.1. The summed E-state index contributed by atoms with van der Waals surface area (Å²) in [6, 6.07) is 10.0. The predicted octanol–water partition coefficient (Wildman–Crippen LogP) is 4.17. The molecule has 2 fully saturated rings. The Balaban J connectivity index is 1.33. The number of amides is 1. The van der Waals surface area contributed by atoms with Crippen LogP contribution in [0.15, 0.2) is 47.4 Å². The lowest BCUT2D eigenvalue weighted by atomic mass is 9.82. The molecule has 238 valence electrons. The fourth-order valence-electron chi connectivity index (χ4n) is 6.51. The van der Waals surface area contributed by atoms with Gasteiger partial charge in [-0.2, -0.15) is 0 Å². The first-order valence-electron chi connectivity index (χ1n) is 15.0. The zero-order valence-electron chi connectivity index (χ0n) is 25.1. The Morgan fingerprint density at radius 1 is 0.884 bits per heavy atom. The van der Waals surface area contributed by atoms with Crippen molar-refractivity contribution in [1.82, 2.24) is 14.5 Å². The van der Waals surface area contributed by atoms with Crippen LogP contribution >= 0.6 is 0 Å². The highest BCUT2D eigenvalue weighted by atomic mass is 32.2. The van der Waals surface area contributed by atoms with Crippen LogP contribution in [0.25, 0.3) is 0 Å². The van der Waals surface area contributed by atoms with Gasteiger partial charge in [0.2, 0.25) is 15.9 Å². The van der Waals surface area contributed by atoms with Gasteiger partial charge in [-0.15, -0.1) is 0 Å². The molecule has 1 amide bonds. The minimum atomic E-state index is -3.37. The SMILES string of the molecule is CCC(C(=O)NC1CCN(CCC(c2ccc(S(C)(=O)=O)cc2)c2cc(F)cc(F)c2)CC1)C1CCN(S(C)(=O)=O)CC1. The molecule has 2 unspecified atom stereocenters. The molecule has 43 heavy (non-hydrogen) atoms. The molecule has 1 N–H and O–H groups in total. The lowest BCUT2D eigenvalue weighted by Crippen LogP contribution is -2.48. The van der Waals surface area contributed by atoms with E-state index in [9.17, 15) is 30.4 Å². The van der Waals surface area contributed by atoms with Crippen LogP contribution in [0.3, 0.4) is 0 Å². The Kier molecular flexibility index (Phi) is 11.0. The molecule has 2 aliphatic rings. The van der Waals surface area contributed by atoms with E-state index >= 15 is 0 Å². The van der Waals surface area contributed by atoms with Gasteiger partial charge in [-0.3, -0.25) is 4.79 Å². The second-order valence-corrected chi connectivity index (χ2v) is 16.0. The van der Waals surface area contributed by atoms with Crippen molar-refractivity contribution in [2.75, 3.05) is 45.2 Å². The Morgan fingerprint density at radius 2 is 1.47 bits per heavy atom. The summed E-state index contributed by atoms with van der Waals surface area (Å²) in [6.45, 7) is 5.13. The molecular formula is C31H43F2N3O5S2. The lowest BCUT2D eigenvalue weighted by Gasteiger charge is -2.36. The minimum Gasteiger partial charge on any atom is -0.353 e. The second-order valence-electron chi connectivity index (χ2n) is 12.0. The number of carbonyl (C=O) groups excluding carboxylic acids is 1. The third kappa shape index (κ3) is 9.06. The third-order valence-electron chi connectivity index (χ3n) is 8.98. The molecule has 0 radical (unpaired) electrons. The van der Waals surface area contributed by atoms with Gasteiger partial charge in [-0.05, 0) is 86.4 Å². The highest BCUT2D eigenvalue weighted by Gasteiger charge is 2.34. The first-order valence-corrected chi connectivity index (χ1v) is 18.7. The molecule has 4 rings (SSSR count). The van der Waals surface area contributed by atoms with Gasteiger partial charge in [-0.1, -0.05) is 19.1 Å². The summed E-state index contributed by atoms with van der Waals surface area (Å²) in [4.78, 5) is 15.7. The van der Waals surface area contributed by atoms with Crippen LogP contribution in [0.5, 0.6) is 0 Å². The number of benzene rings is 2. The molecular weight excluding hydrogens is 596 g/mol. The summed E-state index contributed by atoms with van der Waals surface area (Å²) in [5.74, 6) is -1.56. The molecule has 8 nitrogen and oxygen atoms in total. The molecule has 12 heteroatoms. The molecule has 0 aliphatic carbocycles. The van der Waals surface area contributed by atoms with Crippen LogP contribution in [0.1, 0.15) is 62.5 Å². The number of piperidine rings is 2. The molecule has 2 aliphatic heterocycles. The fraction of sp³-hybridized carbons (Fsp3) is 0.581. The Labute approximate surface area is 254 Å². The number of halogens is 2. The van der Waals surface area contributed by atoms with Gasteiger partial charge in [0.25, 0.3) is 0 Å². The van der Waals surface area contributed by atoms with Crippen LogP contribution in [-0.4, -0.2) is 83.2 Å². The summed E-state index contributed by atoms with van der Waals surface area (Å²) in [7, 11) is -6.58. The number of sulfonamides is 1. The maximum Gasteiger partial charge on any atom is 0.223 e.